The topological polar surface area (TPSA) is 70.6 Å². The van der Waals surface area contributed by atoms with Gasteiger partial charge in [0.2, 0.25) is 11.8 Å². The number of benzene rings is 1. The van der Waals surface area contributed by atoms with Crippen LogP contribution in [0.15, 0.2) is 23.3 Å². The summed E-state index contributed by atoms with van der Waals surface area (Å²) in [6.07, 6.45) is 5.38. The van der Waals surface area contributed by atoms with Crippen LogP contribution in [0.1, 0.15) is 51.0 Å². The molecule has 0 radical (unpaired) electrons. The van der Waals surface area contributed by atoms with Gasteiger partial charge in [0.25, 0.3) is 0 Å². The third kappa shape index (κ3) is 5.34. The maximum absolute atomic E-state index is 12.1. The summed E-state index contributed by atoms with van der Waals surface area (Å²) < 4.78 is 0. The van der Waals surface area contributed by atoms with Crippen LogP contribution in [0.25, 0.3) is 0 Å². The first-order valence-electron chi connectivity index (χ1n) is 8.35. The highest BCUT2D eigenvalue weighted by molar-refractivity contribution is 6.31. The number of nitrogens with one attached hydrogen (secondary N) is 2. The average Bonchev–Trinajstić information content (AvgIpc) is 2.57. The maximum Gasteiger partial charge on any atom is 0.243 e. The molecule has 1 aliphatic rings. The van der Waals surface area contributed by atoms with E-state index in [9.17, 15) is 9.59 Å². The van der Waals surface area contributed by atoms with Crippen LogP contribution >= 0.6 is 11.6 Å². The minimum atomic E-state index is -0.187. The zero-order chi connectivity index (χ0) is 17.5. The van der Waals surface area contributed by atoms with Crippen LogP contribution in [0.5, 0.6) is 0 Å². The van der Waals surface area contributed by atoms with Gasteiger partial charge in [-0.1, -0.05) is 36.9 Å². The lowest BCUT2D eigenvalue weighted by molar-refractivity contribution is -0.126. The second-order valence-electron chi connectivity index (χ2n) is 6.30. The van der Waals surface area contributed by atoms with Gasteiger partial charge in [-0.05, 0) is 44.4 Å². The molecule has 5 nitrogen and oxygen atoms in total. The van der Waals surface area contributed by atoms with Crippen molar-refractivity contribution in [3.63, 3.8) is 0 Å². The summed E-state index contributed by atoms with van der Waals surface area (Å²) in [6.45, 7) is 3.58. The van der Waals surface area contributed by atoms with Gasteiger partial charge >= 0.3 is 0 Å². The fraction of sp³-hybridized carbons (Fsp3) is 0.500. The van der Waals surface area contributed by atoms with E-state index in [2.05, 4.69) is 15.8 Å². The molecule has 2 N–H and O–H groups in total. The molecular formula is C18H24ClN3O2. The Morgan fingerprint density at radius 1 is 1.25 bits per heavy atom. The molecule has 1 fully saturated rings. The molecule has 1 aromatic rings. The Morgan fingerprint density at radius 3 is 2.67 bits per heavy atom. The van der Waals surface area contributed by atoms with Gasteiger partial charge in [0, 0.05) is 22.3 Å². The maximum atomic E-state index is 12.1. The molecular weight excluding hydrogens is 326 g/mol. The van der Waals surface area contributed by atoms with Crippen LogP contribution in [-0.2, 0) is 9.59 Å². The Kier molecular flexibility index (Phi) is 6.79. The molecule has 0 aromatic heterocycles. The zero-order valence-electron chi connectivity index (χ0n) is 14.2. The summed E-state index contributed by atoms with van der Waals surface area (Å²) in [7, 11) is 0. The van der Waals surface area contributed by atoms with Gasteiger partial charge < -0.3 is 5.32 Å². The lowest BCUT2D eigenvalue weighted by Gasteiger charge is -2.19. The molecule has 24 heavy (non-hydrogen) atoms. The number of halogens is 1. The Balaban J connectivity index is 1.84. The summed E-state index contributed by atoms with van der Waals surface area (Å²) in [5.74, 6) is -0.174. The lowest BCUT2D eigenvalue weighted by Crippen LogP contribution is -2.29. The number of anilines is 1. The molecule has 0 unspecified atom stereocenters. The Hall–Kier alpha value is -1.88. The van der Waals surface area contributed by atoms with Crippen molar-refractivity contribution >= 4 is 34.8 Å². The van der Waals surface area contributed by atoms with E-state index < -0.39 is 0 Å². The molecule has 1 aromatic carbocycles. The fourth-order valence-electron chi connectivity index (χ4n) is 2.82. The first-order chi connectivity index (χ1) is 11.5. The molecule has 130 valence electrons. The minimum absolute atomic E-state index is 0.0415. The van der Waals surface area contributed by atoms with Gasteiger partial charge in [0.1, 0.15) is 0 Å². The number of nitrogens with zero attached hydrogens (tertiary/aromatic N) is 1. The van der Waals surface area contributed by atoms with Gasteiger partial charge in [-0.25, -0.2) is 5.43 Å². The van der Waals surface area contributed by atoms with Crippen molar-refractivity contribution in [3.8, 4) is 0 Å². The Morgan fingerprint density at radius 2 is 1.96 bits per heavy atom. The van der Waals surface area contributed by atoms with Gasteiger partial charge in [0.15, 0.2) is 0 Å². The molecule has 0 spiro atoms. The number of rotatable bonds is 5. The molecule has 1 aliphatic carbocycles. The van der Waals surface area contributed by atoms with Gasteiger partial charge in [0.05, 0.1) is 6.42 Å². The van der Waals surface area contributed by atoms with E-state index in [-0.39, 0.29) is 24.2 Å². The number of hydrogen-bond donors (Lipinski definition) is 2. The van der Waals surface area contributed by atoms with E-state index in [1.165, 1.54) is 6.42 Å². The first kappa shape index (κ1) is 18.5. The number of amides is 2. The molecule has 0 saturated heterocycles. The number of hydrazone groups is 1. The van der Waals surface area contributed by atoms with E-state index in [1.54, 1.807) is 25.1 Å². The highest BCUT2D eigenvalue weighted by Gasteiger charge is 2.20. The van der Waals surface area contributed by atoms with Gasteiger partial charge in [-0.2, -0.15) is 5.10 Å². The molecule has 0 bridgehead atoms. The molecule has 1 saturated carbocycles. The van der Waals surface area contributed by atoms with Crippen molar-refractivity contribution in [3.05, 3.63) is 28.8 Å². The zero-order valence-corrected chi connectivity index (χ0v) is 14.9. The summed E-state index contributed by atoms with van der Waals surface area (Å²) in [5.41, 5.74) is 4.67. The van der Waals surface area contributed by atoms with Crippen molar-refractivity contribution < 1.29 is 9.59 Å². The molecule has 0 heterocycles. The van der Waals surface area contributed by atoms with Crippen LogP contribution in [-0.4, -0.2) is 17.5 Å². The normalized spacial score (nSPS) is 15.9. The predicted octanol–water partition coefficient (Wildman–Crippen LogP) is 4.05. The molecule has 2 rings (SSSR count). The summed E-state index contributed by atoms with van der Waals surface area (Å²) in [6, 6.07) is 5.37. The first-order valence-corrected chi connectivity index (χ1v) is 8.73. The van der Waals surface area contributed by atoms with E-state index in [0.717, 1.165) is 31.2 Å². The Bertz CT molecular complexity index is 637. The van der Waals surface area contributed by atoms with Gasteiger partial charge in [-0.15, -0.1) is 0 Å². The molecule has 0 atom stereocenters. The van der Waals surface area contributed by atoms with Crippen molar-refractivity contribution in [2.75, 3.05) is 5.32 Å². The van der Waals surface area contributed by atoms with Crippen LogP contribution in [0, 0.1) is 12.8 Å². The van der Waals surface area contributed by atoms with E-state index in [4.69, 9.17) is 11.6 Å². The third-order valence-electron chi connectivity index (χ3n) is 4.29. The average molecular weight is 350 g/mol. The minimum Gasteiger partial charge on any atom is -0.325 e. The van der Waals surface area contributed by atoms with E-state index >= 15 is 0 Å². The predicted molar refractivity (Wildman–Crippen MR) is 97.3 cm³/mol. The Labute approximate surface area is 147 Å². The quantitative estimate of drug-likeness (QED) is 0.621. The smallest absolute Gasteiger partial charge is 0.243 e. The monoisotopic (exact) mass is 349 g/mol. The van der Waals surface area contributed by atoms with Crippen LogP contribution in [0.4, 0.5) is 5.69 Å². The van der Waals surface area contributed by atoms with Crippen LogP contribution in [0.2, 0.25) is 5.02 Å². The fourth-order valence-corrected chi connectivity index (χ4v) is 2.99. The summed E-state index contributed by atoms with van der Waals surface area (Å²) in [5, 5.41) is 7.48. The highest BCUT2D eigenvalue weighted by atomic mass is 35.5. The van der Waals surface area contributed by atoms with E-state index in [0.29, 0.717) is 16.4 Å². The third-order valence-corrected chi connectivity index (χ3v) is 4.70. The molecule has 0 aliphatic heterocycles. The van der Waals surface area contributed by atoms with E-state index in [1.807, 2.05) is 6.92 Å². The molecule has 6 heteroatoms. The summed E-state index contributed by atoms with van der Waals surface area (Å²) in [4.78, 5) is 24.1. The SMILES string of the molecule is CC(CC(=O)Nc1cccc(Cl)c1C)=NNC(=O)C1CCCCC1. The number of hydrogen-bond acceptors (Lipinski definition) is 3. The van der Waals surface area contributed by atoms with Crippen LogP contribution < -0.4 is 10.7 Å². The number of carbonyl (C=O) groups is 2. The lowest BCUT2D eigenvalue weighted by atomic mass is 9.89. The second kappa shape index (κ2) is 8.83. The number of carbonyl (C=O) groups excluding carboxylic acids is 2. The van der Waals surface area contributed by atoms with Crippen molar-refractivity contribution in [1.29, 1.82) is 0 Å². The standard InChI is InChI=1S/C18H24ClN3O2/c1-12(21-22-18(24)14-7-4-3-5-8-14)11-17(23)20-16-10-6-9-15(19)13(16)2/h6,9-10,14H,3-5,7-8,11H2,1-2H3,(H,20,23)(H,22,24). The van der Waals surface area contributed by atoms with Crippen molar-refractivity contribution in [2.24, 2.45) is 11.0 Å². The second-order valence-corrected chi connectivity index (χ2v) is 6.70. The molecule has 2 amide bonds. The summed E-state index contributed by atoms with van der Waals surface area (Å²) >= 11 is 6.04. The van der Waals surface area contributed by atoms with Crippen molar-refractivity contribution in [1.82, 2.24) is 5.43 Å². The largest absolute Gasteiger partial charge is 0.325 e. The highest BCUT2D eigenvalue weighted by Crippen LogP contribution is 2.24. The van der Waals surface area contributed by atoms with Gasteiger partial charge in [-0.3, -0.25) is 9.59 Å². The van der Waals surface area contributed by atoms with Crippen LogP contribution in [0.3, 0.4) is 0 Å². The van der Waals surface area contributed by atoms with Crippen molar-refractivity contribution in [2.45, 2.75) is 52.4 Å².